The van der Waals surface area contributed by atoms with Crippen molar-refractivity contribution in [1.29, 1.82) is 0 Å². The van der Waals surface area contributed by atoms with Gasteiger partial charge in [0.15, 0.2) is 0 Å². The third-order valence-corrected chi connectivity index (χ3v) is 4.38. The molecule has 0 saturated carbocycles. The number of nitrogens with zero attached hydrogens (tertiary/aromatic N) is 1. The molecule has 6 nitrogen and oxygen atoms in total. The molecule has 18 heavy (non-hydrogen) atoms. The van der Waals surface area contributed by atoms with Crippen molar-refractivity contribution in [3.05, 3.63) is 35.4 Å². The monoisotopic (exact) mass is 269 g/mol. The molecule has 2 rings (SSSR count). The third-order valence-electron chi connectivity index (χ3n) is 2.82. The summed E-state index contributed by atoms with van der Waals surface area (Å²) >= 11 is 0. The van der Waals surface area contributed by atoms with Crippen LogP contribution in [0.1, 0.15) is 11.1 Å². The molecular formula is C11H15N3O3S. The Labute approximate surface area is 106 Å². The predicted octanol–water partition coefficient (Wildman–Crippen LogP) is -0.637. The fourth-order valence-corrected chi connectivity index (χ4v) is 3.16. The summed E-state index contributed by atoms with van der Waals surface area (Å²) in [6.07, 6.45) is 0.606. The van der Waals surface area contributed by atoms with Crippen molar-refractivity contribution in [1.82, 2.24) is 9.03 Å². The lowest BCUT2D eigenvalue weighted by atomic mass is 10.1. The second-order valence-corrected chi connectivity index (χ2v) is 5.88. The highest BCUT2D eigenvalue weighted by Crippen LogP contribution is 2.14. The number of nitrogens with one attached hydrogen (secondary N) is 1. The zero-order valence-corrected chi connectivity index (χ0v) is 10.6. The lowest BCUT2D eigenvalue weighted by Crippen LogP contribution is -2.30. The average Bonchev–Trinajstić information content (AvgIpc) is 2.65. The summed E-state index contributed by atoms with van der Waals surface area (Å²) in [6.45, 7) is 0.881. The standard InChI is InChI=1S/C11H15N3O3S/c12-5-9-1-3-10(4-2-9)6-14-7-11(8-15)13-18(14,16)17/h1-4,8,11,13H,5-7,12H2. The van der Waals surface area contributed by atoms with Crippen LogP contribution in [0.3, 0.4) is 0 Å². The highest BCUT2D eigenvalue weighted by molar-refractivity contribution is 7.87. The van der Waals surface area contributed by atoms with Crippen molar-refractivity contribution in [3.8, 4) is 0 Å². The van der Waals surface area contributed by atoms with Gasteiger partial charge < -0.3 is 10.5 Å². The smallest absolute Gasteiger partial charge is 0.280 e. The van der Waals surface area contributed by atoms with Gasteiger partial charge >= 0.3 is 0 Å². The minimum Gasteiger partial charge on any atom is -0.326 e. The molecule has 1 unspecified atom stereocenters. The Balaban J connectivity index is 2.11. The maximum Gasteiger partial charge on any atom is 0.280 e. The first kappa shape index (κ1) is 13.2. The molecule has 0 spiro atoms. The minimum absolute atomic E-state index is 0.171. The van der Waals surface area contributed by atoms with Gasteiger partial charge in [0.1, 0.15) is 6.29 Å². The van der Waals surface area contributed by atoms with Crippen LogP contribution in [0.5, 0.6) is 0 Å². The van der Waals surface area contributed by atoms with E-state index in [0.29, 0.717) is 12.8 Å². The number of hydrogen-bond donors (Lipinski definition) is 2. The molecule has 0 radical (unpaired) electrons. The molecule has 1 aromatic carbocycles. The summed E-state index contributed by atoms with van der Waals surface area (Å²) in [5, 5.41) is 0. The molecule has 1 atom stereocenters. The zero-order chi connectivity index (χ0) is 13.2. The first-order valence-corrected chi connectivity index (χ1v) is 7.00. The van der Waals surface area contributed by atoms with Gasteiger partial charge in [-0.15, -0.1) is 0 Å². The van der Waals surface area contributed by atoms with E-state index in [0.717, 1.165) is 11.1 Å². The molecule has 0 aliphatic carbocycles. The second-order valence-electron chi connectivity index (χ2n) is 4.18. The molecule has 0 amide bonds. The van der Waals surface area contributed by atoms with E-state index in [1.165, 1.54) is 4.31 Å². The van der Waals surface area contributed by atoms with E-state index in [1.807, 2.05) is 24.3 Å². The summed E-state index contributed by atoms with van der Waals surface area (Å²) in [7, 11) is -3.53. The first-order chi connectivity index (χ1) is 8.55. The van der Waals surface area contributed by atoms with E-state index in [1.54, 1.807) is 0 Å². The van der Waals surface area contributed by atoms with Gasteiger partial charge in [-0.2, -0.15) is 17.4 Å². The van der Waals surface area contributed by atoms with Crippen LogP contribution in [0.25, 0.3) is 0 Å². The molecule has 1 saturated heterocycles. The van der Waals surface area contributed by atoms with Crippen molar-refractivity contribution >= 4 is 16.5 Å². The molecule has 1 aliphatic heterocycles. The van der Waals surface area contributed by atoms with Gasteiger partial charge in [-0.1, -0.05) is 24.3 Å². The summed E-state index contributed by atoms with van der Waals surface area (Å²) in [6, 6.07) is 6.75. The maximum absolute atomic E-state index is 11.7. The fourth-order valence-electron chi connectivity index (χ4n) is 1.83. The summed E-state index contributed by atoms with van der Waals surface area (Å²) in [4.78, 5) is 10.6. The first-order valence-electron chi connectivity index (χ1n) is 5.56. The van der Waals surface area contributed by atoms with E-state index in [-0.39, 0.29) is 13.1 Å². The average molecular weight is 269 g/mol. The van der Waals surface area contributed by atoms with E-state index in [2.05, 4.69) is 4.72 Å². The summed E-state index contributed by atoms with van der Waals surface area (Å²) in [5.74, 6) is 0. The SMILES string of the molecule is NCc1ccc(CN2CC(C=O)NS2(=O)=O)cc1. The van der Waals surface area contributed by atoms with Gasteiger partial charge in [-0.3, -0.25) is 0 Å². The van der Waals surface area contributed by atoms with Gasteiger partial charge in [-0.25, -0.2) is 0 Å². The Morgan fingerprint density at radius 3 is 2.44 bits per heavy atom. The van der Waals surface area contributed by atoms with Crippen LogP contribution in [-0.2, 0) is 28.1 Å². The number of nitrogens with two attached hydrogens (primary N) is 1. The molecule has 98 valence electrons. The van der Waals surface area contributed by atoms with Gasteiger partial charge in [0, 0.05) is 19.6 Å². The number of aldehydes is 1. The Morgan fingerprint density at radius 1 is 1.33 bits per heavy atom. The van der Waals surface area contributed by atoms with Crippen molar-refractivity contribution in [2.75, 3.05) is 6.54 Å². The van der Waals surface area contributed by atoms with Crippen LogP contribution in [-0.4, -0.2) is 31.6 Å². The molecule has 1 fully saturated rings. The maximum atomic E-state index is 11.7. The lowest BCUT2D eigenvalue weighted by molar-refractivity contribution is -0.109. The number of carbonyl (C=O) groups excluding carboxylic acids is 1. The molecule has 7 heteroatoms. The number of benzene rings is 1. The number of rotatable bonds is 4. The lowest BCUT2D eigenvalue weighted by Gasteiger charge is -2.13. The largest absolute Gasteiger partial charge is 0.326 e. The number of hydrogen-bond acceptors (Lipinski definition) is 4. The number of carbonyl (C=O) groups is 1. The van der Waals surface area contributed by atoms with E-state index < -0.39 is 16.3 Å². The van der Waals surface area contributed by atoms with Gasteiger partial charge in [-0.05, 0) is 11.1 Å². The Morgan fingerprint density at radius 2 is 1.94 bits per heavy atom. The highest BCUT2D eigenvalue weighted by Gasteiger charge is 2.34. The van der Waals surface area contributed by atoms with Crippen LogP contribution >= 0.6 is 0 Å². The van der Waals surface area contributed by atoms with E-state index in [4.69, 9.17) is 5.73 Å². The van der Waals surface area contributed by atoms with Gasteiger partial charge in [0.2, 0.25) is 0 Å². The van der Waals surface area contributed by atoms with E-state index >= 15 is 0 Å². The Kier molecular flexibility index (Phi) is 3.76. The molecule has 0 aromatic heterocycles. The van der Waals surface area contributed by atoms with Crippen LogP contribution in [0.15, 0.2) is 24.3 Å². The second kappa shape index (κ2) is 5.15. The van der Waals surface area contributed by atoms with Crippen LogP contribution in [0.4, 0.5) is 0 Å². The topological polar surface area (TPSA) is 92.5 Å². The predicted molar refractivity (Wildman–Crippen MR) is 66.7 cm³/mol. The van der Waals surface area contributed by atoms with E-state index in [9.17, 15) is 13.2 Å². The van der Waals surface area contributed by atoms with Crippen molar-refractivity contribution in [3.63, 3.8) is 0 Å². The Bertz CT molecular complexity index is 527. The molecule has 1 aromatic rings. The molecular weight excluding hydrogens is 254 g/mol. The molecule has 3 N–H and O–H groups in total. The van der Waals surface area contributed by atoms with Crippen molar-refractivity contribution in [2.45, 2.75) is 19.1 Å². The van der Waals surface area contributed by atoms with Gasteiger partial charge in [0.05, 0.1) is 6.04 Å². The minimum atomic E-state index is -3.53. The third kappa shape index (κ3) is 2.75. The molecule has 0 bridgehead atoms. The van der Waals surface area contributed by atoms with Crippen LogP contribution in [0.2, 0.25) is 0 Å². The highest BCUT2D eigenvalue weighted by atomic mass is 32.2. The zero-order valence-electron chi connectivity index (χ0n) is 9.74. The summed E-state index contributed by atoms with van der Waals surface area (Å²) in [5.41, 5.74) is 7.35. The van der Waals surface area contributed by atoms with Crippen molar-refractivity contribution in [2.24, 2.45) is 5.73 Å². The quantitative estimate of drug-likeness (QED) is 0.711. The fraction of sp³-hybridized carbons (Fsp3) is 0.364. The van der Waals surface area contributed by atoms with Crippen LogP contribution < -0.4 is 10.5 Å². The van der Waals surface area contributed by atoms with Crippen molar-refractivity contribution < 1.29 is 13.2 Å². The summed E-state index contributed by atoms with van der Waals surface area (Å²) < 4.78 is 26.9. The Hall–Kier alpha value is -1.28. The van der Waals surface area contributed by atoms with Crippen LogP contribution in [0, 0.1) is 0 Å². The molecule has 1 heterocycles. The molecule has 1 aliphatic rings. The normalized spacial score (nSPS) is 23.1. The van der Waals surface area contributed by atoms with Gasteiger partial charge in [0.25, 0.3) is 10.2 Å².